The van der Waals surface area contributed by atoms with Crippen LogP contribution < -0.4 is 10.9 Å². The summed E-state index contributed by atoms with van der Waals surface area (Å²) >= 11 is 0. The van der Waals surface area contributed by atoms with Crippen LogP contribution in [0, 0.1) is 12.8 Å². The number of carbonyl (C=O) groups excluding carboxylic acids is 3. The van der Waals surface area contributed by atoms with Crippen LogP contribution in [0.1, 0.15) is 24.8 Å². The number of likely N-dealkylation sites (tertiary alicyclic amines) is 1. The fourth-order valence-electron chi connectivity index (χ4n) is 3.93. The molecule has 1 aliphatic rings. The molecule has 0 unspecified atom stereocenters. The Bertz CT molecular complexity index is 1260. The maximum atomic E-state index is 13.0. The Hall–Kier alpha value is -4.08. The first-order valence-electron chi connectivity index (χ1n) is 10.9. The number of para-hydroxylation sites is 1. The van der Waals surface area contributed by atoms with E-state index in [9.17, 15) is 19.2 Å². The smallest absolute Gasteiger partial charge is 0.312 e. The summed E-state index contributed by atoms with van der Waals surface area (Å²) in [7, 11) is 1.72. The lowest BCUT2D eigenvalue weighted by molar-refractivity contribution is -0.157. The maximum absolute atomic E-state index is 13.0. The van der Waals surface area contributed by atoms with E-state index < -0.39 is 29.5 Å². The molecule has 0 bridgehead atoms. The number of rotatable bonds is 7. The molecule has 34 heavy (non-hydrogen) atoms. The van der Waals surface area contributed by atoms with Gasteiger partial charge in [-0.2, -0.15) is 0 Å². The monoisotopic (exact) mass is 466 g/mol. The fraction of sp³-hybridized carbons (Fsp3) is 0.333. The second kappa shape index (κ2) is 9.42. The van der Waals surface area contributed by atoms with E-state index in [4.69, 9.17) is 9.15 Å². The quantitative estimate of drug-likeness (QED) is 0.533. The normalized spacial score (nSPS) is 16.5. The Morgan fingerprint density at radius 3 is 2.59 bits per heavy atom. The summed E-state index contributed by atoms with van der Waals surface area (Å²) in [6, 6.07) is 12.5. The van der Waals surface area contributed by atoms with E-state index in [2.05, 4.69) is 5.32 Å². The molecule has 1 fully saturated rings. The minimum absolute atomic E-state index is 0.00740. The number of ether oxygens (including phenoxy) is 1. The van der Waals surface area contributed by atoms with Crippen LogP contribution in [0.25, 0.3) is 5.69 Å². The third kappa shape index (κ3) is 4.52. The topological polar surface area (TPSA) is 116 Å². The van der Waals surface area contributed by atoms with Gasteiger partial charge in [0.2, 0.25) is 5.91 Å². The molecule has 10 nitrogen and oxygen atoms in total. The van der Waals surface area contributed by atoms with Gasteiger partial charge in [0, 0.05) is 20.0 Å². The first-order chi connectivity index (χ1) is 16.3. The second-order valence-corrected chi connectivity index (χ2v) is 8.26. The molecular weight excluding hydrogens is 440 g/mol. The number of nitrogens with zero attached hydrogens (tertiary/aromatic N) is 3. The van der Waals surface area contributed by atoms with Gasteiger partial charge in [-0.3, -0.25) is 23.9 Å². The van der Waals surface area contributed by atoms with Crippen molar-refractivity contribution >= 4 is 23.5 Å². The number of hydrogen-bond donors (Lipinski definition) is 1. The van der Waals surface area contributed by atoms with E-state index in [-0.39, 0.29) is 31.1 Å². The number of benzene rings is 1. The third-order valence-electron chi connectivity index (χ3n) is 5.94. The van der Waals surface area contributed by atoms with Gasteiger partial charge in [0.1, 0.15) is 11.4 Å². The molecule has 2 atom stereocenters. The highest BCUT2D eigenvalue weighted by Gasteiger charge is 2.37. The summed E-state index contributed by atoms with van der Waals surface area (Å²) in [5.41, 5.74) is 0.923. The number of hydrogen-bond acceptors (Lipinski definition) is 6. The zero-order chi connectivity index (χ0) is 24.4. The van der Waals surface area contributed by atoms with Crippen LogP contribution in [-0.2, 0) is 32.7 Å². The van der Waals surface area contributed by atoms with E-state index in [0.717, 1.165) is 0 Å². The molecule has 1 aromatic carbocycles. The first-order valence-corrected chi connectivity index (χ1v) is 10.9. The highest BCUT2D eigenvalue weighted by Crippen LogP contribution is 2.22. The van der Waals surface area contributed by atoms with Gasteiger partial charge in [-0.1, -0.05) is 18.2 Å². The van der Waals surface area contributed by atoms with Crippen LogP contribution in [0.2, 0.25) is 0 Å². The molecule has 1 saturated heterocycles. The lowest BCUT2D eigenvalue weighted by atomic mass is 10.1. The molecule has 0 radical (unpaired) electrons. The minimum atomic E-state index is -1.15. The predicted octanol–water partition coefficient (Wildman–Crippen LogP) is 2.00. The van der Waals surface area contributed by atoms with Crippen LogP contribution in [0.3, 0.4) is 0 Å². The molecule has 4 rings (SSSR count). The summed E-state index contributed by atoms with van der Waals surface area (Å²) < 4.78 is 13.7. The summed E-state index contributed by atoms with van der Waals surface area (Å²) in [5, 5.41) is 2.59. The van der Waals surface area contributed by atoms with Gasteiger partial charge in [-0.05, 0) is 38.1 Å². The summed E-state index contributed by atoms with van der Waals surface area (Å²) in [6.07, 6.45) is 0.379. The van der Waals surface area contributed by atoms with Gasteiger partial charge in [0.25, 0.3) is 11.5 Å². The van der Waals surface area contributed by atoms with Crippen molar-refractivity contribution in [2.24, 2.45) is 13.0 Å². The average Bonchev–Trinajstić information content (AvgIpc) is 3.51. The van der Waals surface area contributed by atoms with E-state index in [1.165, 1.54) is 22.8 Å². The van der Waals surface area contributed by atoms with Crippen molar-refractivity contribution in [3.63, 3.8) is 0 Å². The fourth-order valence-corrected chi connectivity index (χ4v) is 3.93. The Kier molecular flexibility index (Phi) is 6.40. The summed E-state index contributed by atoms with van der Waals surface area (Å²) in [4.78, 5) is 52.1. The molecule has 1 N–H and O–H groups in total. The molecule has 1 aliphatic heterocycles. The van der Waals surface area contributed by atoms with Crippen molar-refractivity contribution in [1.82, 2.24) is 14.3 Å². The van der Waals surface area contributed by atoms with Crippen molar-refractivity contribution in [3.05, 3.63) is 70.5 Å². The number of nitrogens with one attached hydrogen (secondary N) is 1. The van der Waals surface area contributed by atoms with E-state index in [1.807, 2.05) is 18.2 Å². The second-order valence-electron chi connectivity index (χ2n) is 8.26. The summed E-state index contributed by atoms with van der Waals surface area (Å²) in [6.45, 7) is 3.60. The van der Waals surface area contributed by atoms with Gasteiger partial charge < -0.3 is 19.4 Å². The van der Waals surface area contributed by atoms with Gasteiger partial charge in [-0.15, -0.1) is 0 Å². The molecule has 10 heteroatoms. The lowest BCUT2D eigenvalue weighted by Crippen LogP contribution is -2.34. The Morgan fingerprint density at radius 2 is 1.91 bits per heavy atom. The number of anilines is 1. The SMILES string of the molecule is Cc1c(NC(=O)[C@H](C)OC(=O)[C@H]2CC(=O)N(Cc3ccco3)C2)c(=O)n(-c2ccccc2)n1C. The molecule has 178 valence electrons. The lowest BCUT2D eigenvalue weighted by Gasteiger charge is -2.17. The number of amides is 2. The van der Waals surface area contributed by atoms with Crippen molar-refractivity contribution in [1.29, 1.82) is 0 Å². The minimum Gasteiger partial charge on any atom is -0.467 e. The largest absolute Gasteiger partial charge is 0.467 e. The van der Waals surface area contributed by atoms with E-state index >= 15 is 0 Å². The standard InChI is InChI=1S/C24H26N4O6/c1-15-21(23(31)28(26(15)3)18-8-5-4-6-9-18)25-22(30)16(2)34-24(32)17-12-20(29)27(13-17)14-19-10-7-11-33-19/h4-11,16-17H,12-14H2,1-3H3,(H,25,30)/t16-,17-/m0/s1. The molecule has 0 saturated carbocycles. The average molecular weight is 466 g/mol. The van der Waals surface area contributed by atoms with Crippen LogP contribution in [0.15, 0.2) is 57.9 Å². The van der Waals surface area contributed by atoms with Gasteiger partial charge in [-0.25, -0.2) is 4.68 Å². The molecule has 2 amide bonds. The zero-order valence-electron chi connectivity index (χ0n) is 19.2. The van der Waals surface area contributed by atoms with Gasteiger partial charge in [0.05, 0.1) is 30.1 Å². The van der Waals surface area contributed by atoms with Crippen molar-refractivity contribution < 1.29 is 23.5 Å². The highest BCUT2D eigenvalue weighted by atomic mass is 16.5. The van der Waals surface area contributed by atoms with Crippen molar-refractivity contribution in [2.75, 3.05) is 11.9 Å². The molecular formula is C24H26N4O6. The van der Waals surface area contributed by atoms with Crippen LogP contribution in [0.4, 0.5) is 5.69 Å². The van der Waals surface area contributed by atoms with Crippen molar-refractivity contribution in [3.8, 4) is 5.69 Å². The Morgan fingerprint density at radius 1 is 1.18 bits per heavy atom. The van der Waals surface area contributed by atoms with E-state index in [0.29, 0.717) is 17.1 Å². The predicted molar refractivity (Wildman–Crippen MR) is 122 cm³/mol. The van der Waals surface area contributed by atoms with Crippen molar-refractivity contribution in [2.45, 2.75) is 32.9 Å². The molecule has 3 heterocycles. The number of aromatic nitrogens is 2. The summed E-state index contributed by atoms with van der Waals surface area (Å²) in [5.74, 6) is -1.50. The Labute approximate surface area is 195 Å². The molecule has 2 aromatic heterocycles. The zero-order valence-corrected chi connectivity index (χ0v) is 19.2. The number of furan rings is 1. The van der Waals surface area contributed by atoms with E-state index in [1.54, 1.807) is 42.9 Å². The first kappa shape index (κ1) is 23.1. The highest BCUT2D eigenvalue weighted by molar-refractivity contribution is 5.96. The van der Waals surface area contributed by atoms with Crippen LogP contribution in [-0.4, -0.2) is 44.7 Å². The number of esters is 1. The number of carbonyl (C=O) groups is 3. The van der Waals surface area contributed by atoms with Gasteiger partial charge in [0.15, 0.2) is 6.10 Å². The third-order valence-corrected chi connectivity index (χ3v) is 5.94. The van der Waals surface area contributed by atoms with Crippen LogP contribution in [0.5, 0.6) is 0 Å². The van der Waals surface area contributed by atoms with Gasteiger partial charge >= 0.3 is 5.97 Å². The van der Waals surface area contributed by atoms with Crippen LogP contribution >= 0.6 is 0 Å². The molecule has 0 aliphatic carbocycles. The maximum Gasteiger partial charge on any atom is 0.312 e. The molecule has 0 spiro atoms. The molecule has 3 aromatic rings. The Balaban J connectivity index is 1.39.